The van der Waals surface area contributed by atoms with E-state index in [1.165, 1.54) is 0 Å². The molecular weight excluding hydrogens is 262 g/mol. The van der Waals surface area contributed by atoms with Gasteiger partial charge >= 0.3 is 5.97 Å². The second-order valence-electron chi connectivity index (χ2n) is 5.42. The van der Waals surface area contributed by atoms with E-state index in [2.05, 4.69) is 17.4 Å². The number of nitrogens with one attached hydrogen (secondary N) is 1. The average Bonchev–Trinajstić information content (AvgIpc) is 2.67. The van der Waals surface area contributed by atoms with Gasteiger partial charge in [0.15, 0.2) is 0 Å². The molecule has 1 N–H and O–H groups in total. The van der Waals surface area contributed by atoms with Gasteiger partial charge in [-0.15, -0.1) is 0 Å². The highest BCUT2D eigenvalue weighted by Gasteiger charge is 2.31. The Morgan fingerprint density at radius 3 is 2.14 bits per heavy atom. The third-order valence-corrected chi connectivity index (χ3v) is 3.90. The summed E-state index contributed by atoms with van der Waals surface area (Å²) in [4.78, 5) is 12.0. The molecule has 1 aliphatic rings. The van der Waals surface area contributed by atoms with Crippen LogP contribution in [0.15, 0.2) is 60.7 Å². The normalized spacial score (nSPS) is 26.0. The molecule has 0 amide bonds. The van der Waals surface area contributed by atoms with E-state index in [1.807, 2.05) is 55.5 Å². The maximum atomic E-state index is 12.0. The summed E-state index contributed by atoms with van der Waals surface area (Å²) < 4.78 is 5.53. The van der Waals surface area contributed by atoms with Crippen molar-refractivity contribution in [3.05, 3.63) is 71.8 Å². The highest BCUT2D eigenvalue weighted by atomic mass is 16.5. The molecule has 0 spiro atoms. The lowest BCUT2D eigenvalue weighted by atomic mass is 9.99. The smallest absolute Gasteiger partial charge is 0.308 e. The van der Waals surface area contributed by atoms with Crippen molar-refractivity contribution in [1.82, 2.24) is 5.32 Å². The van der Waals surface area contributed by atoms with Crippen LogP contribution in [-0.2, 0) is 9.53 Å². The van der Waals surface area contributed by atoms with E-state index in [0.29, 0.717) is 6.42 Å². The fourth-order valence-corrected chi connectivity index (χ4v) is 2.83. The summed E-state index contributed by atoms with van der Waals surface area (Å²) in [6.45, 7) is 1.94. The molecule has 1 saturated heterocycles. The number of ether oxygens (including phenoxy) is 1. The second kappa shape index (κ2) is 6.10. The summed E-state index contributed by atoms with van der Waals surface area (Å²) in [6, 6.07) is 20.2. The minimum Gasteiger partial charge on any atom is -0.461 e. The lowest BCUT2D eigenvalue weighted by Gasteiger charge is -2.25. The second-order valence-corrected chi connectivity index (χ2v) is 5.42. The van der Waals surface area contributed by atoms with Gasteiger partial charge < -0.3 is 4.74 Å². The first kappa shape index (κ1) is 13.8. The molecule has 2 aromatic rings. The van der Waals surface area contributed by atoms with Crippen LogP contribution < -0.4 is 5.32 Å². The standard InChI is InChI=1S/C18H19NO2/c1-13-18(15-10-6-3-7-11-15)19-16(12-17(20)21-13)14-8-4-2-5-9-14/h2-11,13,16,18-19H,12H2,1H3/t13-,16-,18+/m1/s1. The number of carbonyl (C=O) groups is 1. The predicted molar refractivity (Wildman–Crippen MR) is 81.7 cm³/mol. The number of carbonyl (C=O) groups excluding carboxylic acids is 1. The Kier molecular flexibility index (Phi) is 4.02. The maximum absolute atomic E-state index is 12.0. The topological polar surface area (TPSA) is 38.3 Å². The summed E-state index contributed by atoms with van der Waals surface area (Å²) in [5.41, 5.74) is 2.25. The summed E-state index contributed by atoms with van der Waals surface area (Å²) in [6.07, 6.45) is 0.172. The van der Waals surface area contributed by atoms with Gasteiger partial charge in [-0.2, -0.15) is 0 Å². The Labute approximate surface area is 124 Å². The molecule has 0 aromatic heterocycles. The highest BCUT2D eigenvalue weighted by Crippen LogP contribution is 2.29. The molecule has 2 aromatic carbocycles. The molecule has 3 atom stereocenters. The van der Waals surface area contributed by atoms with E-state index in [4.69, 9.17) is 4.74 Å². The quantitative estimate of drug-likeness (QED) is 0.857. The lowest BCUT2D eigenvalue weighted by Crippen LogP contribution is -2.31. The molecule has 0 unspecified atom stereocenters. The molecule has 0 radical (unpaired) electrons. The van der Waals surface area contributed by atoms with E-state index in [0.717, 1.165) is 11.1 Å². The van der Waals surface area contributed by atoms with Crippen LogP contribution >= 0.6 is 0 Å². The van der Waals surface area contributed by atoms with Crippen molar-refractivity contribution < 1.29 is 9.53 Å². The van der Waals surface area contributed by atoms with Crippen molar-refractivity contribution in [2.45, 2.75) is 31.5 Å². The van der Waals surface area contributed by atoms with E-state index in [1.54, 1.807) is 0 Å². The zero-order valence-corrected chi connectivity index (χ0v) is 12.0. The zero-order chi connectivity index (χ0) is 14.7. The minimum absolute atomic E-state index is 0.00264. The minimum atomic E-state index is -0.186. The van der Waals surface area contributed by atoms with Crippen LogP contribution in [-0.4, -0.2) is 12.1 Å². The van der Waals surface area contributed by atoms with Crippen LogP contribution in [0.1, 0.15) is 36.6 Å². The predicted octanol–water partition coefficient (Wildman–Crippen LogP) is 3.39. The number of esters is 1. The summed E-state index contributed by atoms with van der Waals surface area (Å²) >= 11 is 0. The van der Waals surface area contributed by atoms with Gasteiger partial charge in [0.25, 0.3) is 0 Å². The van der Waals surface area contributed by atoms with Crippen LogP contribution in [0.5, 0.6) is 0 Å². The number of cyclic esters (lactones) is 1. The van der Waals surface area contributed by atoms with Gasteiger partial charge in [0.1, 0.15) is 6.10 Å². The van der Waals surface area contributed by atoms with Crippen molar-refractivity contribution in [3.8, 4) is 0 Å². The molecule has 1 aliphatic heterocycles. The van der Waals surface area contributed by atoms with Gasteiger partial charge in [-0.1, -0.05) is 60.7 Å². The molecule has 3 nitrogen and oxygen atoms in total. The highest BCUT2D eigenvalue weighted by molar-refractivity contribution is 5.71. The largest absolute Gasteiger partial charge is 0.461 e. The van der Waals surface area contributed by atoms with Gasteiger partial charge in [-0.3, -0.25) is 10.1 Å². The Morgan fingerprint density at radius 1 is 0.952 bits per heavy atom. The van der Waals surface area contributed by atoms with Crippen LogP contribution in [0.2, 0.25) is 0 Å². The van der Waals surface area contributed by atoms with E-state index >= 15 is 0 Å². The van der Waals surface area contributed by atoms with Crippen LogP contribution in [0, 0.1) is 0 Å². The Hall–Kier alpha value is -2.13. The molecule has 108 valence electrons. The van der Waals surface area contributed by atoms with E-state index in [-0.39, 0.29) is 24.2 Å². The first-order chi connectivity index (χ1) is 10.2. The van der Waals surface area contributed by atoms with Gasteiger partial charge in [0, 0.05) is 6.04 Å². The van der Waals surface area contributed by atoms with Gasteiger partial charge in [-0.05, 0) is 18.1 Å². The van der Waals surface area contributed by atoms with Crippen LogP contribution in [0.4, 0.5) is 0 Å². The summed E-state index contributed by atoms with van der Waals surface area (Å²) in [5.74, 6) is -0.151. The van der Waals surface area contributed by atoms with Gasteiger partial charge in [0.2, 0.25) is 0 Å². The Bertz CT molecular complexity index is 597. The number of benzene rings is 2. The number of rotatable bonds is 2. The first-order valence-electron chi connectivity index (χ1n) is 7.29. The van der Waals surface area contributed by atoms with Gasteiger partial charge in [0.05, 0.1) is 12.5 Å². The van der Waals surface area contributed by atoms with Crippen molar-refractivity contribution >= 4 is 5.97 Å². The third-order valence-electron chi connectivity index (χ3n) is 3.90. The molecule has 3 rings (SSSR count). The van der Waals surface area contributed by atoms with E-state index < -0.39 is 0 Å². The molecule has 0 saturated carbocycles. The zero-order valence-electron chi connectivity index (χ0n) is 12.0. The Balaban J connectivity index is 1.91. The molecule has 0 aliphatic carbocycles. The number of hydrogen-bond acceptors (Lipinski definition) is 3. The fourth-order valence-electron chi connectivity index (χ4n) is 2.83. The molecule has 1 fully saturated rings. The molecular formula is C18H19NO2. The summed E-state index contributed by atoms with van der Waals surface area (Å²) in [5, 5.41) is 3.58. The SMILES string of the molecule is C[C@H]1OC(=O)C[C@H](c2ccccc2)N[C@@H]1c1ccccc1. The molecule has 21 heavy (non-hydrogen) atoms. The van der Waals surface area contributed by atoms with Crippen molar-refractivity contribution in [3.63, 3.8) is 0 Å². The van der Waals surface area contributed by atoms with E-state index in [9.17, 15) is 4.79 Å². The molecule has 3 heteroatoms. The van der Waals surface area contributed by atoms with Crippen molar-refractivity contribution in [2.24, 2.45) is 0 Å². The van der Waals surface area contributed by atoms with Crippen LogP contribution in [0.3, 0.4) is 0 Å². The average molecular weight is 281 g/mol. The number of hydrogen-bond donors (Lipinski definition) is 1. The Morgan fingerprint density at radius 2 is 1.52 bits per heavy atom. The van der Waals surface area contributed by atoms with Crippen LogP contribution in [0.25, 0.3) is 0 Å². The molecule has 1 heterocycles. The first-order valence-corrected chi connectivity index (χ1v) is 7.29. The fraction of sp³-hybridized carbons (Fsp3) is 0.278. The monoisotopic (exact) mass is 281 g/mol. The van der Waals surface area contributed by atoms with Crippen molar-refractivity contribution in [2.75, 3.05) is 0 Å². The van der Waals surface area contributed by atoms with Crippen molar-refractivity contribution in [1.29, 1.82) is 0 Å². The maximum Gasteiger partial charge on any atom is 0.308 e. The molecule has 0 bridgehead atoms. The third kappa shape index (κ3) is 3.14. The lowest BCUT2D eigenvalue weighted by molar-refractivity contribution is -0.147. The van der Waals surface area contributed by atoms with Gasteiger partial charge in [-0.25, -0.2) is 0 Å². The summed E-state index contributed by atoms with van der Waals surface area (Å²) in [7, 11) is 0.